The van der Waals surface area contributed by atoms with Crippen LogP contribution >= 0.6 is 11.6 Å². The number of sulfonamides is 1. The molecule has 7 nitrogen and oxygen atoms in total. The van der Waals surface area contributed by atoms with Crippen LogP contribution in [0.2, 0.25) is 5.02 Å². The van der Waals surface area contributed by atoms with E-state index in [0.717, 1.165) is 6.42 Å². The fourth-order valence-corrected chi connectivity index (χ4v) is 6.16. The van der Waals surface area contributed by atoms with Gasteiger partial charge in [0.1, 0.15) is 0 Å². The van der Waals surface area contributed by atoms with E-state index in [2.05, 4.69) is 5.32 Å². The Labute approximate surface area is 181 Å². The van der Waals surface area contributed by atoms with Gasteiger partial charge in [0.2, 0.25) is 10.0 Å². The minimum atomic E-state index is -3.73. The van der Waals surface area contributed by atoms with Crippen molar-refractivity contribution in [3.05, 3.63) is 41.4 Å². The van der Waals surface area contributed by atoms with Crippen molar-refractivity contribution < 1.29 is 18.3 Å². The average Bonchev–Trinajstić information content (AvgIpc) is 2.74. The average molecular weight is 452 g/mol. The summed E-state index contributed by atoms with van der Waals surface area (Å²) in [5.41, 5.74) is 0. The third-order valence-electron chi connectivity index (χ3n) is 5.91. The molecule has 9 heteroatoms. The molecule has 0 unspecified atom stereocenters. The topological polar surface area (TPSA) is 90.0 Å². The maximum atomic E-state index is 13.4. The molecular formula is C21H26ClN3O4S. The first-order chi connectivity index (χ1) is 14.4. The summed E-state index contributed by atoms with van der Waals surface area (Å²) >= 11 is 6.25. The number of fused-ring (bicyclic) bond motifs is 1. The van der Waals surface area contributed by atoms with Gasteiger partial charge in [-0.25, -0.2) is 13.2 Å². The van der Waals surface area contributed by atoms with Gasteiger partial charge in [0, 0.05) is 48.0 Å². The van der Waals surface area contributed by atoms with E-state index in [1.807, 2.05) is 12.1 Å². The molecule has 30 heavy (non-hydrogen) atoms. The third-order valence-corrected chi connectivity index (χ3v) is 8.16. The maximum Gasteiger partial charge on any atom is 0.317 e. The number of halogens is 1. The summed E-state index contributed by atoms with van der Waals surface area (Å²) in [6.45, 7) is 1.68. The van der Waals surface area contributed by atoms with Gasteiger partial charge >= 0.3 is 6.03 Å². The lowest BCUT2D eigenvalue weighted by Gasteiger charge is -2.35. The summed E-state index contributed by atoms with van der Waals surface area (Å²) in [4.78, 5) is 14.5. The van der Waals surface area contributed by atoms with Crippen molar-refractivity contribution in [3.63, 3.8) is 0 Å². The predicted molar refractivity (Wildman–Crippen MR) is 116 cm³/mol. The number of amides is 2. The number of hydrogen-bond acceptors (Lipinski definition) is 4. The van der Waals surface area contributed by atoms with Crippen LogP contribution in [0, 0.1) is 0 Å². The molecule has 2 aliphatic rings. The molecule has 2 aliphatic heterocycles. The number of aliphatic hydroxyl groups is 1. The summed E-state index contributed by atoms with van der Waals surface area (Å²) in [7, 11) is -3.73. The van der Waals surface area contributed by atoms with Crippen molar-refractivity contribution in [1.82, 2.24) is 14.5 Å². The van der Waals surface area contributed by atoms with E-state index >= 15 is 0 Å². The number of hydrogen-bond donors (Lipinski definition) is 2. The normalized spacial score (nSPS) is 21.7. The number of carbonyl (C=O) groups excluding carboxylic acids is 1. The number of likely N-dealkylation sites (tertiary alicyclic amines) is 1. The summed E-state index contributed by atoms with van der Waals surface area (Å²) in [5.74, 6) is 0. The number of nitrogens with one attached hydrogen (secondary N) is 1. The smallest absolute Gasteiger partial charge is 0.317 e. The molecule has 2 amide bonds. The van der Waals surface area contributed by atoms with Gasteiger partial charge in [0.05, 0.1) is 11.0 Å². The third kappa shape index (κ3) is 4.27. The van der Waals surface area contributed by atoms with E-state index in [9.17, 15) is 18.3 Å². The fraction of sp³-hybridized carbons (Fsp3) is 0.476. The number of nitrogens with zero attached hydrogens (tertiary/aromatic N) is 2. The van der Waals surface area contributed by atoms with E-state index in [-0.39, 0.29) is 29.6 Å². The second-order valence-corrected chi connectivity index (χ2v) is 10.3. The van der Waals surface area contributed by atoms with E-state index < -0.39 is 10.0 Å². The van der Waals surface area contributed by atoms with Crippen molar-refractivity contribution in [2.45, 2.75) is 42.7 Å². The standard InChI is InChI=1S/C21H26ClN3O4S/c22-19-7-8-20(18-6-2-1-5-17(18)19)30(28,29)25-11-3-4-15(14-25)23-21(27)24-12-9-16(26)10-13-24/h1-2,5-8,15-16,26H,3-4,9-14H2,(H,23,27)/t15-/m0/s1. The SMILES string of the molecule is O=C(N[C@H]1CCCN(S(=O)(=O)c2ccc(Cl)c3ccccc23)C1)N1CCC(O)CC1. The van der Waals surface area contributed by atoms with Crippen molar-refractivity contribution in [1.29, 1.82) is 0 Å². The van der Waals surface area contributed by atoms with Crippen LogP contribution in [0.15, 0.2) is 41.3 Å². The highest BCUT2D eigenvalue weighted by Gasteiger charge is 2.33. The van der Waals surface area contributed by atoms with Crippen LogP contribution in [-0.2, 0) is 10.0 Å². The molecule has 2 saturated heterocycles. The zero-order chi connectivity index (χ0) is 21.3. The first-order valence-electron chi connectivity index (χ1n) is 10.3. The monoisotopic (exact) mass is 451 g/mol. The lowest BCUT2D eigenvalue weighted by molar-refractivity contribution is 0.0920. The fourth-order valence-electron chi connectivity index (χ4n) is 4.21. The summed E-state index contributed by atoms with van der Waals surface area (Å²) in [6, 6.07) is 9.94. The molecule has 1 atom stereocenters. The Morgan fingerprint density at radius 1 is 1.03 bits per heavy atom. The molecule has 0 aromatic heterocycles. The molecule has 0 aliphatic carbocycles. The van der Waals surface area contributed by atoms with Gasteiger partial charge in [-0.1, -0.05) is 35.9 Å². The van der Waals surface area contributed by atoms with Crippen LogP contribution < -0.4 is 5.32 Å². The molecule has 2 N–H and O–H groups in total. The highest BCUT2D eigenvalue weighted by Crippen LogP contribution is 2.31. The Bertz CT molecular complexity index is 1040. The van der Waals surface area contributed by atoms with Crippen molar-refractivity contribution in [2.75, 3.05) is 26.2 Å². The molecule has 2 aromatic carbocycles. The van der Waals surface area contributed by atoms with Crippen LogP contribution in [0.25, 0.3) is 10.8 Å². The highest BCUT2D eigenvalue weighted by molar-refractivity contribution is 7.89. The Morgan fingerprint density at radius 3 is 2.47 bits per heavy atom. The van der Waals surface area contributed by atoms with E-state index in [0.29, 0.717) is 54.7 Å². The zero-order valence-corrected chi connectivity index (χ0v) is 18.2. The minimum Gasteiger partial charge on any atom is -0.393 e. The minimum absolute atomic E-state index is 0.192. The lowest BCUT2D eigenvalue weighted by atomic mass is 10.1. The lowest BCUT2D eigenvalue weighted by Crippen LogP contribution is -2.54. The van der Waals surface area contributed by atoms with Crippen molar-refractivity contribution in [3.8, 4) is 0 Å². The van der Waals surface area contributed by atoms with Gasteiger partial charge < -0.3 is 15.3 Å². The number of benzene rings is 2. The Morgan fingerprint density at radius 2 is 1.73 bits per heavy atom. The van der Waals surface area contributed by atoms with Crippen molar-refractivity contribution >= 4 is 38.4 Å². The number of urea groups is 1. The van der Waals surface area contributed by atoms with Gasteiger partial charge in [-0.2, -0.15) is 4.31 Å². The molecule has 2 aromatic rings. The molecule has 2 heterocycles. The highest BCUT2D eigenvalue weighted by atomic mass is 35.5. The van der Waals surface area contributed by atoms with E-state index in [1.54, 1.807) is 29.2 Å². The van der Waals surface area contributed by atoms with E-state index in [1.165, 1.54) is 4.31 Å². The second-order valence-electron chi connectivity index (χ2n) is 7.96. The molecular weight excluding hydrogens is 426 g/mol. The number of aliphatic hydroxyl groups excluding tert-OH is 1. The number of carbonyl (C=O) groups is 1. The molecule has 0 spiro atoms. The molecule has 4 rings (SSSR count). The molecule has 162 valence electrons. The van der Waals surface area contributed by atoms with Crippen LogP contribution in [0.1, 0.15) is 25.7 Å². The quantitative estimate of drug-likeness (QED) is 0.750. The number of piperidine rings is 2. The Balaban J connectivity index is 1.50. The van der Waals surface area contributed by atoms with Crippen LogP contribution in [-0.4, -0.2) is 67.1 Å². The van der Waals surface area contributed by atoms with Crippen LogP contribution in [0.5, 0.6) is 0 Å². The zero-order valence-electron chi connectivity index (χ0n) is 16.6. The van der Waals surface area contributed by atoms with Crippen LogP contribution in [0.4, 0.5) is 4.79 Å². The summed E-state index contributed by atoms with van der Waals surface area (Å²) < 4.78 is 28.3. The van der Waals surface area contributed by atoms with Crippen LogP contribution in [0.3, 0.4) is 0 Å². The van der Waals surface area contributed by atoms with Gasteiger partial charge in [-0.3, -0.25) is 0 Å². The predicted octanol–water partition coefficient (Wildman–Crippen LogP) is 2.81. The molecule has 0 radical (unpaired) electrons. The summed E-state index contributed by atoms with van der Waals surface area (Å²) in [6.07, 6.45) is 2.20. The Hall–Kier alpha value is -1.87. The molecule has 2 fully saturated rings. The Kier molecular flexibility index (Phi) is 6.20. The largest absolute Gasteiger partial charge is 0.393 e. The van der Waals surface area contributed by atoms with Gasteiger partial charge in [-0.15, -0.1) is 0 Å². The molecule has 0 bridgehead atoms. The summed E-state index contributed by atoms with van der Waals surface area (Å²) in [5, 5.41) is 14.4. The molecule has 0 saturated carbocycles. The van der Waals surface area contributed by atoms with Gasteiger partial charge in [0.25, 0.3) is 0 Å². The maximum absolute atomic E-state index is 13.4. The van der Waals surface area contributed by atoms with Crippen molar-refractivity contribution in [2.24, 2.45) is 0 Å². The van der Waals surface area contributed by atoms with Gasteiger partial charge in [0.15, 0.2) is 0 Å². The first kappa shape index (κ1) is 21.4. The first-order valence-corrected chi connectivity index (χ1v) is 12.1. The van der Waals surface area contributed by atoms with E-state index in [4.69, 9.17) is 11.6 Å². The van der Waals surface area contributed by atoms with Gasteiger partial charge in [-0.05, 0) is 37.8 Å². The second kappa shape index (κ2) is 8.70. The number of rotatable bonds is 3.